The van der Waals surface area contributed by atoms with Crippen LogP contribution in [-0.2, 0) is 18.9 Å². The third kappa shape index (κ3) is 4.48. The molecule has 38 heavy (non-hydrogen) atoms. The molecule has 0 fully saturated rings. The minimum Gasteiger partial charge on any atom is -0.465 e. The maximum absolute atomic E-state index is 13.3. The van der Waals surface area contributed by atoms with Crippen molar-refractivity contribution in [3.63, 3.8) is 0 Å². The number of aromatic amines is 1. The number of hydrogen-bond donors (Lipinski definition) is 1. The Kier molecular flexibility index (Phi) is 7.28. The molecule has 0 unspecified atom stereocenters. The van der Waals surface area contributed by atoms with E-state index < -0.39 is 46.3 Å². The molecule has 2 heterocycles. The lowest BCUT2D eigenvalue weighted by molar-refractivity contribution is -0.716. The van der Waals surface area contributed by atoms with E-state index in [1.165, 1.54) is 9.31 Å². The number of rotatable bonds is 5. The Morgan fingerprint density at radius 1 is 0.711 bits per heavy atom. The van der Waals surface area contributed by atoms with Crippen LogP contribution in [0.15, 0.2) is 54.6 Å². The summed E-state index contributed by atoms with van der Waals surface area (Å²) in [6.07, 6.45) is 0. The SMILES string of the molecule is COC(=O)c1nc2ccccc2n2[nH][n+](-c3ccccc3)nc2c(C(=O)OC)c(C(=O)OC)c1C(=O)OC. The van der Waals surface area contributed by atoms with E-state index in [9.17, 15) is 19.2 Å². The van der Waals surface area contributed by atoms with Gasteiger partial charge in [0.1, 0.15) is 16.6 Å². The van der Waals surface area contributed by atoms with Gasteiger partial charge in [0.2, 0.25) is 0 Å². The molecule has 2 aromatic heterocycles. The van der Waals surface area contributed by atoms with E-state index >= 15 is 0 Å². The molecule has 1 N–H and O–H groups in total. The Morgan fingerprint density at radius 2 is 1.26 bits per heavy atom. The maximum Gasteiger partial charge on any atom is 0.357 e. The quantitative estimate of drug-likeness (QED) is 0.234. The van der Waals surface area contributed by atoms with Gasteiger partial charge in [-0.1, -0.05) is 35.5 Å². The number of carbonyl (C=O) groups excluding carboxylic acids is 4. The van der Waals surface area contributed by atoms with Gasteiger partial charge in [-0.3, -0.25) is 0 Å². The molecule has 0 radical (unpaired) electrons. The lowest BCUT2D eigenvalue weighted by Gasteiger charge is -2.10. The van der Waals surface area contributed by atoms with Gasteiger partial charge >= 0.3 is 29.5 Å². The Balaban J connectivity index is 2.44. The number of tetrazole rings is 1. The van der Waals surface area contributed by atoms with Crippen molar-refractivity contribution in [2.45, 2.75) is 0 Å². The molecule has 0 bridgehead atoms. The normalized spacial score (nSPS) is 10.5. The lowest BCUT2D eigenvalue weighted by Crippen LogP contribution is -2.36. The molecule has 0 saturated carbocycles. The summed E-state index contributed by atoms with van der Waals surface area (Å²) in [6.45, 7) is 0. The van der Waals surface area contributed by atoms with Crippen molar-refractivity contribution in [3.8, 4) is 5.69 Å². The van der Waals surface area contributed by atoms with Crippen LogP contribution < -0.4 is 4.80 Å². The molecular weight excluding hydrogens is 498 g/mol. The highest BCUT2D eigenvalue weighted by atomic mass is 16.5. The fraction of sp³-hybridized carbons (Fsp3) is 0.160. The van der Waals surface area contributed by atoms with Crippen molar-refractivity contribution < 1.29 is 42.9 Å². The minimum atomic E-state index is -1.16. The van der Waals surface area contributed by atoms with Crippen molar-refractivity contribution in [2.75, 3.05) is 28.4 Å². The van der Waals surface area contributed by atoms with Crippen LogP contribution in [0, 0.1) is 0 Å². The molecule has 194 valence electrons. The molecule has 4 aromatic rings. The van der Waals surface area contributed by atoms with Gasteiger partial charge < -0.3 is 18.9 Å². The first-order valence-corrected chi connectivity index (χ1v) is 11.0. The molecule has 0 atom stereocenters. The van der Waals surface area contributed by atoms with Crippen molar-refractivity contribution in [3.05, 3.63) is 77.0 Å². The number of para-hydroxylation sites is 3. The minimum absolute atomic E-state index is 0.156. The number of aromatic nitrogens is 5. The van der Waals surface area contributed by atoms with Crippen molar-refractivity contribution in [2.24, 2.45) is 0 Å². The third-order valence-electron chi connectivity index (χ3n) is 5.46. The number of esters is 4. The average molecular weight is 520 g/mol. The summed E-state index contributed by atoms with van der Waals surface area (Å²) in [5.74, 6) is -4.45. The number of benzene rings is 2. The Hall–Kier alpha value is -5.33. The largest absolute Gasteiger partial charge is 0.465 e. The zero-order chi connectivity index (χ0) is 27.4. The zero-order valence-electron chi connectivity index (χ0n) is 20.8. The fourth-order valence-electron chi connectivity index (χ4n) is 3.74. The molecule has 4 rings (SSSR count). The van der Waals surface area contributed by atoms with Gasteiger partial charge in [0, 0.05) is 0 Å². The van der Waals surface area contributed by atoms with E-state index in [0.717, 1.165) is 28.4 Å². The topological polar surface area (TPSA) is 155 Å². The van der Waals surface area contributed by atoms with E-state index in [4.69, 9.17) is 18.9 Å². The molecule has 0 spiro atoms. The molecule has 0 saturated heterocycles. The predicted octanol–water partition coefficient (Wildman–Crippen LogP) is 1.76. The summed E-state index contributed by atoms with van der Waals surface area (Å²) >= 11 is 0. The number of H-pyrrole nitrogens is 1. The van der Waals surface area contributed by atoms with Crippen LogP contribution >= 0.6 is 0 Å². The van der Waals surface area contributed by atoms with Crippen LogP contribution in [0.4, 0.5) is 0 Å². The molecule has 13 heteroatoms. The van der Waals surface area contributed by atoms with Gasteiger partial charge in [0.05, 0.1) is 34.0 Å². The summed E-state index contributed by atoms with van der Waals surface area (Å²) in [5, 5.41) is 7.54. The standard InChI is InChI=1S/C25H21N5O8/c1-35-22(31)17-18(23(32)36-2)20(25(34)38-4)26-15-12-8-9-13-16(15)29-21(19(17)24(33)37-3)27-30(28-29)14-10-6-5-7-11-14/h5-13H,1-4H3/p+1. The summed E-state index contributed by atoms with van der Waals surface area (Å²) < 4.78 is 21.0. The van der Waals surface area contributed by atoms with Gasteiger partial charge in [-0.2, -0.15) is 0 Å². The summed E-state index contributed by atoms with van der Waals surface area (Å²) in [5.41, 5.74) is -1.55. The van der Waals surface area contributed by atoms with Gasteiger partial charge in [-0.05, 0) is 34.2 Å². The van der Waals surface area contributed by atoms with Crippen LogP contribution in [0.2, 0.25) is 0 Å². The van der Waals surface area contributed by atoms with Crippen molar-refractivity contribution in [1.29, 1.82) is 0 Å². The molecule has 0 aliphatic carbocycles. The van der Waals surface area contributed by atoms with E-state index in [2.05, 4.69) is 15.3 Å². The maximum atomic E-state index is 13.3. The molecule has 2 aromatic carbocycles. The zero-order valence-corrected chi connectivity index (χ0v) is 20.8. The summed E-state index contributed by atoms with van der Waals surface area (Å²) in [7, 11) is 4.23. The summed E-state index contributed by atoms with van der Waals surface area (Å²) in [4.78, 5) is 58.3. The highest BCUT2D eigenvalue weighted by Crippen LogP contribution is 2.24. The Morgan fingerprint density at radius 3 is 1.89 bits per heavy atom. The van der Waals surface area contributed by atoms with Crippen molar-refractivity contribution in [1.82, 2.24) is 19.8 Å². The van der Waals surface area contributed by atoms with E-state index in [1.807, 2.05) is 6.07 Å². The Bertz CT molecular complexity index is 1640. The van der Waals surface area contributed by atoms with Crippen LogP contribution in [0.1, 0.15) is 41.6 Å². The fourth-order valence-corrected chi connectivity index (χ4v) is 3.74. The molecule has 0 aliphatic heterocycles. The van der Waals surface area contributed by atoms with Gasteiger partial charge in [0.15, 0.2) is 16.9 Å². The number of carbonyl (C=O) groups is 4. The second-order valence-corrected chi connectivity index (χ2v) is 7.55. The number of fused-ring (bicyclic) bond motifs is 3. The first-order valence-electron chi connectivity index (χ1n) is 11.0. The summed E-state index contributed by atoms with van der Waals surface area (Å²) in [6, 6.07) is 15.4. The lowest BCUT2D eigenvalue weighted by atomic mass is 10.0. The number of ether oxygens (including phenoxy) is 4. The highest BCUT2D eigenvalue weighted by molar-refractivity contribution is 6.15. The molecule has 13 nitrogen and oxygen atoms in total. The van der Waals surface area contributed by atoms with Crippen molar-refractivity contribution >= 4 is 40.6 Å². The van der Waals surface area contributed by atoms with Crippen LogP contribution in [0.25, 0.3) is 22.4 Å². The first kappa shape index (κ1) is 25.8. The van der Waals surface area contributed by atoms with Crippen LogP contribution in [0.5, 0.6) is 0 Å². The van der Waals surface area contributed by atoms with Crippen LogP contribution in [0.3, 0.4) is 0 Å². The van der Waals surface area contributed by atoms with Crippen LogP contribution in [-0.4, -0.2) is 72.1 Å². The average Bonchev–Trinajstić information content (AvgIpc) is 3.41. The predicted molar refractivity (Wildman–Crippen MR) is 129 cm³/mol. The van der Waals surface area contributed by atoms with E-state index in [-0.39, 0.29) is 11.2 Å². The van der Waals surface area contributed by atoms with E-state index in [0.29, 0.717) is 11.2 Å². The number of nitrogens with zero attached hydrogens (tertiary/aromatic N) is 4. The number of hydrogen-bond acceptors (Lipinski definition) is 10. The third-order valence-corrected chi connectivity index (χ3v) is 5.46. The smallest absolute Gasteiger partial charge is 0.357 e. The van der Waals surface area contributed by atoms with Gasteiger partial charge in [-0.25, -0.2) is 24.2 Å². The number of methoxy groups -OCH3 is 4. The molecular formula is C25H22N5O8+. The van der Waals surface area contributed by atoms with Gasteiger partial charge in [0.25, 0.3) is 0 Å². The second-order valence-electron chi connectivity index (χ2n) is 7.55. The van der Waals surface area contributed by atoms with E-state index in [1.54, 1.807) is 48.5 Å². The molecule has 0 amide bonds. The second kappa shape index (κ2) is 10.7. The monoisotopic (exact) mass is 520 g/mol. The first-order chi connectivity index (χ1) is 18.4. The number of nitrogens with one attached hydrogen (secondary N) is 1. The molecule has 0 aliphatic rings. The van der Waals surface area contributed by atoms with Gasteiger partial charge in [-0.15, -0.1) is 4.52 Å². The Labute approximate surface area is 214 Å². The highest BCUT2D eigenvalue weighted by Gasteiger charge is 2.35.